The number of rotatable bonds is 4. The molecule has 0 spiro atoms. The van der Waals surface area contributed by atoms with Crippen LogP contribution in [-0.4, -0.2) is 34.2 Å². The van der Waals surface area contributed by atoms with Gasteiger partial charge in [0, 0.05) is 32.7 Å². The Labute approximate surface area is 163 Å². The lowest BCUT2D eigenvalue weighted by molar-refractivity contribution is 0.175. The van der Waals surface area contributed by atoms with E-state index in [-0.39, 0.29) is 17.3 Å². The molecule has 1 fully saturated rings. The summed E-state index contributed by atoms with van der Waals surface area (Å²) in [5.41, 5.74) is 1.45. The molecule has 0 radical (unpaired) electrons. The van der Waals surface area contributed by atoms with Crippen LogP contribution in [-0.2, 0) is 13.6 Å². The molecule has 0 N–H and O–H groups in total. The SMILES string of the molecule is COc1ccc2c(c1)c(=O)n(C1CCN(Cc3ccccc3)CC1)c(=O)n2C. The first-order valence-electron chi connectivity index (χ1n) is 9.64. The molecule has 146 valence electrons. The maximum Gasteiger partial charge on any atom is 0.331 e. The van der Waals surface area contributed by atoms with E-state index in [1.165, 1.54) is 10.1 Å². The van der Waals surface area contributed by atoms with Gasteiger partial charge in [0.2, 0.25) is 0 Å². The smallest absolute Gasteiger partial charge is 0.331 e. The van der Waals surface area contributed by atoms with Crippen molar-refractivity contribution >= 4 is 10.9 Å². The van der Waals surface area contributed by atoms with Crippen molar-refractivity contribution in [3.8, 4) is 5.75 Å². The highest BCUT2D eigenvalue weighted by atomic mass is 16.5. The topological polar surface area (TPSA) is 56.5 Å². The monoisotopic (exact) mass is 379 g/mol. The third-order valence-corrected chi connectivity index (χ3v) is 5.68. The van der Waals surface area contributed by atoms with E-state index in [1.807, 2.05) is 6.07 Å². The molecule has 2 aromatic carbocycles. The van der Waals surface area contributed by atoms with Crippen LogP contribution in [0, 0.1) is 0 Å². The molecule has 0 unspecified atom stereocenters. The molecule has 0 amide bonds. The maximum atomic E-state index is 13.1. The van der Waals surface area contributed by atoms with Crippen LogP contribution in [0.4, 0.5) is 0 Å². The highest BCUT2D eigenvalue weighted by molar-refractivity contribution is 5.79. The summed E-state index contributed by atoms with van der Waals surface area (Å²) in [5, 5.41) is 0.521. The van der Waals surface area contributed by atoms with Gasteiger partial charge in [0.1, 0.15) is 5.75 Å². The van der Waals surface area contributed by atoms with E-state index in [4.69, 9.17) is 4.74 Å². The molecule has 0 atom stereocenters. The van der Waals surface area contributed by atoms with E-state index in [9.17, 15) is 9.59 Å². The molecule has 1 aliphatic rings. The van der Waals surface area contributed by atoms with Gasteiger partial charge in [-0.15, -0.1) is 0 Å². The van der Waals surface area contributed by atoms with E-state index in [0.717, 1.165) is 32.5 Å². The number of likely N-dealkylation sites (tertiary alicyclic amines) is 1. The van der Waals surface area contributed by atoms with Gasteiger partial charge >= 0.3 is 5.69 Å². The van der Waals surface area contributed by atoms with Gasteiger partial charge in [0.05, 0.1) is 18.0 Å². The van der Waals surface area contributed by atoms with E-state index in [1.54, 1.807) is 36.9 Å². The van der Waals surface area contributed by atoms with Crippen molar-refractivity contribution in [1.29, 1.82) is 0 Å². The summed E-state index contributed by atoms with van der Waals surface area (Å²) in [6, 6.07) is 15.6. The Morgan fingerprint density at radius 3 is 2.43 bits per heavy atom. The normalized spacial score (nSPS) is 15.8. The zero-order valence-corrected chi connectivity index (χ0v) is 16.3. The van der Waals surface area contributed by atoms with E-state index in [0.29, 0.717) is 16.7 Å². The summed E-state index contributed by atoms with van der Waals surface area (Å²) in [6.07, 6.45) is 1.58. The Kier molecular flexibility index (Phi) is 5.05. The van der Waals surface area contributed by atoms with Crippen molar-refractivity contribution in [2.45, 2.75) is 25.4 Å². The molecular weight excluding hydrogens is 354 g/mol. The van der Waals surface area contributed by atoms with E-state index >= 15 is 0 Å². The summed E-state index contributed by atoms with van der Waals surface area (Å²) >= 11 is 0. The minimum absolute atomic E-state index is 0.0752. The predicted molar refractivity (Wildman–Crippen MR) is 110 cm³/mol. The minimum atomic E-state index is -0.246. The average Bonchev–Trinajstić information content (AvgIpc) is 2.74. The first-order valence-corrected chi connectivity index (χ1v) is 9.64. The number of methoxy groups -OCH3 is 1. The molecule has 0 bridgehead atoms. The van der Waals surface area contributed by atoms with Crippen molar-refractivity contribution in [2.75, 3.05) is 20.2 Å². The fraction of sp³-hybridized carbons (Fsp3) is 0.364. The van der Waals surface area contributed by atoms with Crippen LogP contribution in [0.3, 0.4) is 0 Å². The molecule has 28 heavy (non-hydrogen) atoms. The van der Waals surface area contributed by atoms with Gasteiger partial charge in [0.25, 0.3) is 5.56 Å². The Morgan fingerprint density at radius 2 is 1.75 bits per heavy atom. The summed E-state index contributed by atoms with van der Waals surface area (Å²) in [6.45, 7) is 2.63. The third-order valence-electron chi connectivity index (χ3n) is 5.68. The minimum Gasteiger partial charge on any atom is -0.497 e. The number of nitrogens with zero attached hydrogens (tertiary/aromatic N) is 3. The first-order chi connectivity index (χ1) is 13.6. The lowest BCUT2D eigenvalue weighted by Gasteiger charge is -2.32. The Balaban J connectivity index is 1.61. The van der Waals surface area contributed by atoms with Gasteiger partial charge in [-0.2, -0.15) is 0 Å². The van der Waals surface area contributed by atoms with Crippen LogP contribution in [0.5, 0.6) is 5.75 Å². The van der Waals surface area contributed by atoms with E-state index in [2.05, 4.69) is 29.2 Å². The van der Waals surface area contributed by atoms with Crippen LogP contribution >= 0.6 is 0 Å². The van der Waals surface area contributed by atoms with Gasteiger partial charge in [-0.3, -0.25) is 18.8 Å². The number of hydrogen-bond acceptors (Lipinski definition) is 4. The van der Waals surface area contributed by atoms with Crippen LogP contribution < -0.4 is 16.0 Å². The lowest BCUT2D eigenvalue weighted by Crippen LogP contribution is -2.45. The Hall–Kier alpha value is -2.86. The molecule has 0 saturated carbocycles. The quantitative estimate of drug-likeness (QED) is 0.699. The second-order valence-corrected chi connectivity index (χ2v) is 7.39. The van der Waals surface area contributed by atoms with Gasteiger partial charge in [0.15, 0.2) is 0 Å². The van der Waals surface area contributed by atoms with Crippen molar-refractivity contribution in [1.82, 2.24) is 14.0 Å². The van der Waals surface area contributed by atoms with Crippen molar-refractivity contribution in [3.63, 3.8) is 0 Å². The van der Waals surface area contributed by atoms with Crippen molar-refractivity contribution < 1.29 is 4.74 Å². The summed E-state index contributed by atoms with van der Waals surface area (Å²) in [4.78, 5) is 28.4. The molecule has 0 aliphatic carbocycles. The summed E-state index contributed by atoms with van der Waals surface area (Å²) in [7, 11) is 3.29. The largest absolute Gasteiger partial charge is 0.497 e. The van der Waals surface area contributed by atoms with E-state index < -0.39 is 0 Å². The molecule has 2 heterocycles. The summed E-state index contributed by atoms with van der Waals surface area (Å²) < 4.78 is 8.27. The van der Waals surface area contributed by atoms with Gasteiger partial charge in [-0.05, 0) is 36.6 Å². The fourth-order valence-electron chi connectivity index (χ4n) is 4.09. The number of ether oxygens (including phenoxy) is 1. The molecule has 1 aliphatic heterocycles. The molecular formula is C22H25N3O3. The second-order valence-electron chi connectivity index (χ2n) is 7.39. The second kappa shape index (κ2) is 7.64. The number of aromatic nitrogens is 2. The predicted octanol–water partition coefficient (Wildman–Crippen LogP) is 2.55. The Bertz CT molecular complexity index is 1090. The van der Waals surface area contributed by atoms with Crippen LogP contribution in [0.1, 0.15) is 24.4 Å². The third kappa shape index (κ3) is 3.36. The molecule has 4 rings (SSSR count). The highest BCUT2D eigenvalue weighted by Gasteiger charge is 2.24. The zero-order valence-electron chi connectivity index (χ0n) is 16.3. The fourth-order valence-corrected chi connectivity index (χ4v) is 4.09. The van der Waals surface area contributed by atoms with Crippen LogP contribution in [0.15, 0.2) is 58.1 Å². The standard InChI is InChI=1S/C22H25N3O3/c1-23-20-9-8-18(28-2)14-19(20)21(26)25(22(23)27)17-10-12-24(13-11-17)15-16-6-4-3-5-7-16/h3-9,14,17H,10-13,15H2,1-2H3. The van der Waals surface area contributed by atoms with Gasteiger partial charge < -0.3 is 4.74 Å². The molecule has 6 heteroatoms. The zero-order chi connectivity index (χ0) is 19.7. The molecule has 3 aromatic rings. The van der Waals surface area contributed by atoms with Crippen molar-refractivity contribution in [3.05, 3.63) is 74.9 Å². The number of hydrogen-bond donors (Lipinski definition) is 0. The molecule has 1 saturated heterocycles. The highest BCUT2D eigenvalue weighted by Crippen LogP contribution is 2.23. The van der Waals surface area contributed by atoms with Gasteiger partial charge in [-0.25, -0.2) is 4.79 Å². The number of benzene rings is 2. The summed E-state index contributed by atoms with van der Waals surface area (Å²) in [5.74, 6) is 0.618. The number of fused-ring (bicyclic) bond motifs is 1. The van der Waals surface area contributed by atoms with Gasteiger partial charge in [-0.1, -0.05) is 30.3 Å². The number of aryl methyl sites for hydroxylation is 1. The number of piperidine rings is 1. The average molecular weight is 379 g/mol. The van der Waals surface area contributed by atoms with Crippen LogP contribution in [0.2, 0.25) is 0 Å². The lowest BCUT2D eigenvalue weighted by atomic mass is 10.0. The maximum absolute atomic E-state index is 13.1. The van der Waals surface area contributed by atoms with Crippen LogP contribution in [0.25, 0.3) is 10.9 Å². The Morgan fingerprint density at radius 1 is 1.04 bits per heavy atom. The first kappa shape index (κ1) is 18.5. The van der Waals surface area contributed by atoms with Crippen molar-refractivity contribution in [2.24, 2.45) is 7.05 Å². The molecule has 6 nitrogen and oxygen atoms in total. The molecule has 1 aromatic heterocycles.